The van der Waals surface area contributed by atoms with Crippen LogP contribution in [0.2, 0.25) is 0 Å². The molecule has 2 aliphatic rings. The van der Waals surface area contributed by atoms with Crippen LogP contribution in [0.25, 0.3) is 11.1 Å². The zero-order valence-corrected chi connectivity index (χ0v) is 25.5. The predicted octanol–water partition coefficient (Wildman–Crippen LogP) is 0.365. The van der Waals surface area contributed by atoms with E-state index in [1.165, 1.54) is 34.5 Å². The van der Waals surface area contributed by atoms with Crippen LogP contribution in [0.15, 0.2) is 29.1 Å². The third-order valence-electron chi connectivity index (χ3n) is 7.94. The summed E-state index contributed by atoms with van der Waals surface area (Å²) in [6, 6.07) is 6.03. The van der Waals surface area contributed by atoms with Crippen molar-refractivity contribution in [3.8, 4) is 34.1 Å². The Bertz CT molecular complexity index is 1450. The summed E-state index contributed by atoms with van der Waals surface area (Å²) in [6.07, 6.45) is -7.02. The molecule has 0 bridgehead atoms. The third kappa shape index (κ3) is 7.31. The maximum atomic E-state index is 13.1. The van der Waals surface area contributed by atoms with Gasteiger partial charge in [-0.25, -0.2) is 0 Å². The number of hydrogen-bond donors (Lipinski definition) is 5. The van der Waals surface area contributed by atoms with Crippen LogP contribution in [0.3, 0.4) is 0 Å². The highest BCUT2D eigenvalue weighted by molar-refractivity contribution is 5.84. The molecule has 4 rings (SSSR count). The Morgan fingerprint density at radius 1 is 0.889 bits per heavy atom. The molecule has 1 aliphatic heterocycles. The van der Waals surface area contributed by atoms with Gasteiger partial charge in [0, 0.05) is 18.4 Å². The second-order valence-corrected chi connectivity index (χ2v) is 10.7. The quantitative estimate of drug-likeness (QED) is 0.213. The van der Waals surface area contributed by atoms with E-state index in [4.69, 9.17) is 28.4 Å². The average molecular weight is 634 g/mol. The summed E-state index contributed by atoms with van der Waals surface area (Å²) in [5.74, 6) is 0.356. The molecule has 2 aromatic rings. The van der Waals surface area contributed by atoms with E-state index in [-0.39, 0.29) is 36.3 Å². The maximum Gasteiger partial charge on any atom is 0.305 e. The van der Waals surface area contributed by atoms with Crippen molar-refractivity contribution in [1.82, 2.24) is 5.32 Å². The van der Waals surface area contributed by atoms with Crippen molar-refractivity contribution in [1.29, 1.82) is 0 Å². The van der Waals surface area contributed by atoms with Gasteiger partial charge in [-0.3, -0.25) is 14.4 Å². The van der Waals surface area contributed by atoms with Crippen molar-refractivity contribution in [2.45, 2.75) is 68.9 Å². The van der Waals surface area contributed by atoms with Gasteiger partial charge in [-0.05, 0) is 54.2 Å². The Kier molecular flexibility index (Phi) is 11.2. The Labute approximate surface area is 259 Å². The molecule has 0 aromatic heterocycles. The first-order valence-electron chi connectivity index (χ1n) is 14.4. The molecule has 0 saturated carbocycles. The number of aryl methyl sites for hydroxylation is 1. The number of nitrogens with one attached hydrogen (secondary N) is 1. The number of methoxy groups -OCH3 is 4. The van der Waals surface area contributed by atoms with Gasteiger partial charge in [0.1, 0.15) is 31.0 Å². The van der Waals surface area contributed by atoms with Gasteiger partial charge in [0.25, 0.3) is 0 Å². The summed E-state index contributed by atoms with van der Waals surface area (Å²) in [5, 5.41) is 42.0. The first-order chi connectivity index (χ1) is 21.5. The topological polar surface area (TPSA) is 200 Å². The fourth-order valence-electron chi connectivity index (χ4n) is 5.59. The number of fused-ring (bicyclic) bond motifs is 3. The molecule has 1 fully saturated rings. The normalized spacial score (nSPS) is 23.9. The van der Waals surface area contributed by atoms with Gasteiger partial charge in [-0.2, -0.15) is 0 Å². The molecule has 1 heterocycles. The van der Waals surface area contributed by atoms with E-state index in [1.807, 2.05) is 6.07 Å². The minimum absolute atomic E-state index is 0.0302. The molecule has 0 radical (unpaired) electrons. The molecule has 1 aliphatic carbocycles. The summed E-state index contributed by atoms with van der Waals surface area (Å²) in [7, 11) is 5.93. The second-order valence-electron chi connectivity index (χ2n) is 10.7. The van der Waals surface area contributed by atoms with Crippen LogP contribution < -0.4 is 29.7 Å². The highest BCUT2D eigenvalue weighted by atomic mass is 16.7. The molecule has 14 nitrogen and oxygen atoms in total. The lowest BCUT2D eigenvalue weighted by molar-refractivity contribution is -0.287. The monoisotopic (exact) mass is 633 g/mol. The maximum absolute atomic E-state index is 13.1. The number of benzene rings is 1. The zero-order chi connectivity index (χ0) is 32.8. The Morgan fingerprint density at radius 3 is 2.27 bits per heavy atom. The average Bonchev–Trinajstić information content (AvgIpc) is 3.28. The smallest absolute Gasteiger partial charge is 0.305 e. The number of aliphatic hydroxyl groups excluding tert-OH is 4. The number of carbonyl (C=O) groups excluding carboxylic acids is 2. The molecule has 1 amide bonds. The van der Waals surface area contributed by atoms with E-state index in [9.17, 15) is 34.8 Å². The number of aliphatic hydroxyl groups is 4. The van der Waals surface area contributed by atoms with Gasteiger partial charge in [-0.1, -0.05) is 6.07 Å². The molecule has 0 spiro atoms. The number of rotatable bonds is 11. The van der Waals surface area contributed by atoms with Crippen molar-refractivity contribution < 1.29 is 58.4 Å². The lowest BCUT2D eigenvalue weighted by Crippen LogP contribution is -2.58. The molecule has 14 heteroatoms. The molecule has 45 heavy (non-hydrogen) atoms. The Balaban J connectivity index is 1.48. The van der Waals surface area contributed by atoms with E-state index in [2.05, 4.69) is 5.32 Å². The summed E-state index contributed by atoms with van der Waals surface area (Å²) in [5.41, 5.74) is 2.39. The Hall–Kier alpha value is -3.95. The summed E-state index contributed by atoms with van der Waals surface area (Å²) < 4.78 is 32.3. The standard InChI is InChI=1S/C31H39NO13/c1-40-20-11-9-16-17(13-19(20)33)18(10-8-15-12-21(41-2)29(42-3)30(43-4)25(15)16)32-23(34)6-5-7-24(35)44-14-22-26(36)27(37)28(38)31(39)45-22/h9,11-13,18,22,26-28,31,36-39H,5-8,10,14H2,1-4H3,(H,32,34)/t18-,22+,26+,27-,28-,31?/m0/s1. The van der Waals surface area contributed by atoms with E-state index >= 15 is 0 Å². The van der Waals surface area contributed by atoms with E-state index in [0.29, 0.717) is 46.8 Å². The molecule has 1 unspecified atom stereocenters. The van der Waals surface area contributed by atoms with Gasteiger partial charge in [-0.15, -0.1) is 0 Å². The number of esters is 1. The number of amides is 1. The largest absolute Gasteiger partial charge is 0.493 e. The van der Waals surface area contributed by atoms with Crippen LogP contribution in [0.4, 0.5) is 0 Å². The van der Waals surface area contributed by atoms with Gasteiger partial charge in [0.15, 0.2) is 23.5 Å². The van der Waals surface area contributed by atoms with Crippen LogP contribution in [0.5, 0.6) is 23.0 Å². The van der Waals surface area contributed by atoms with Crippen LogP contribution >= 0.6 is 0 Å². The third-order valence-corrected chi connectivity index (χ3v) is 7.94. The van der Waals surface area contributed by atoms with Gasteiger partial charge >= 0.3 is 5.97 Å². The molecule has 5 N–H and O–H groups in total. The van der Waals surface area contributed by atoms with Crippen LogP contribution in [-0.2, 0) is 25.5 Å². The number of carbonyl (C=O) groups is 2. The lowest BCUT2D eigenvalue weighted by atomic mass is 9.95. The van der Waals surface area contributed by atoms with Crippen molar-refractivity contribution in [2.75, 3.05) is 35.0 Å². The molecule has 2 aromatic carbocycles. The van der Waals surface area contributed by atoms with Crippen molar-refractivity contribution in [2.24, 2.45) is 0 Å². The molecule has 1 saturated heterocycles. The molecule has 6 atom stereocenters. The van der Waals surface area contributed by atoms with Crippen LogP contribution in [-0.4, -0.2) is 98.1 Å². The van der Waals surface area contributed by atoms with Gasteiger partial charge < -0.3 is 54.2 Å². The Morgan fingerprint density at radius 2 is 1.60 bits per heavy atom. The first kappa shape index (κ1) is 33.9. The van der Waals surface area contributed by atoms with Crippen molar-refractivity contribution >= 4 is 11.9 Å². The summed E-state index contributed by atoms with van der Waals surface area (Å²) in [6.45, 7) is -0.469. The minimum Gasteiger partial charge on any atom is -0.493 e. The van der Waals surface area contributed by atoms with Crippen LogP contribution in [0.1, 0.15) is 42.9 Å². The fourth-order valence-corrected chi connectivity index (χ4v) is 5.59. The predicted molar refractivity (Wildman–Crippen MR) is 157 cm³/mol. The fraction of sp³-hybridized carbons (Fsp3) is 0.516. The highest BCUT2D eigenvalue weighted by Crippen LogP contribution is 2.50. The van der Waals surface area contributed by atoms with E-state index < -0.39 is 49.3 Å². The van der Waals surface area contributed by atoms with Gasteiger partial charge in [0.2, 0.25) is 17.1 Å². The van der Waals surface area contributed by atoms with Crippen molar-refractivity contribution in [3.05, 3.63) is 45.6 Å². The first-order valence-corrected chi connectivity index (χ1v) is 14.4. The SMILES string of the molecule is COc1cc2c(c(OC)c1OC)-c1ccc(OC)c(=O)cc1[C@@H](NC(=O)CCCC(=O)OC[C@H]1OC(O)[C@@H](O)[C@@H](O)[C@@H]1O)CC2. The molecular formula is C31H39NO13. The molecular weight excluding hydrogens is 594 g/mol. The minimum atomic E-state index is -1.75. The second kappa shape index (κ2) is 14.9. The molecule has 246 valence electrons. The van der Waals surface area contributed by atoms with E-state index in [1.54, 1.807) is 12.1 Å². The summed E-state index contributed by atoms with van der Waals surface area (Å²) >= 11 is 0. The van der Waals surface area contributed by atoms with Gasteiger partial charge in [0.05, 0.1) is 34.5 Å². The highest BCUT2D eigenvalue weighted by Gasteiger charge is 2.43. The van der Waals surface area contributed by atoms with E-state index in [0.717, 1.165) is 5.56 Å². The lowest BCUT2D eigenvalue weighted by Gasteiger charge is -2.37. The van der Waals surface area contributed by atoms with Crippen LogP contribution in [0, 0.1) is 0 Å². The number of hydrogen-bond acceptors (Lipinski definition) is 13. The summed E-state index contributed by atoms with van der Waals surface area (Å²) in [4.78, 5) is 38.4. The zero-order valence-electron chi connectivity index (χ0n) is 25.5. The number of ether oxygens (including phenoxy) is 6. The van der Waals surface area contributed by atoms with Crippen molar-refractivity contribution in [3.63, 3.8) is 0 Å².